The molecule has 0 radical (unpaired) electrons. The van der Waals surface area contributed by atoms with Crippen LogP contribution in [0.15, 0.2) is 54.6 Å². The zero-order valence-electron chi connectivity index (χ0n) is 11.3. The number of ether oxygens (including phenoxy) is 1. The molecule has 0 aromatic heterocycles. The van der Waals surface area contributed by atoms with Crippen molar-refractivity contribution in [2.24, 2.45) is 0 Å². The topological polar surface area (TPSA) is 55.4 Å². The molecule has 1 N–H and O–H groups in total. The molecular formula is C15H16ClNO3S. The van der Waals surface area contributed by atoms with Gasteiger partial charge in [0.15, 0.2) is 0 Å². The molecule has 0 amide bonds. The van der Waals surface area contributed by atoms with E-state index >= 15 is 0 Å². The molecule has 4 nitrogen and oxygen atoms in total. The highest BCUT2D eigenvalue weighted by atomic mass is 35.5. The summed E-state index contributed by atoms with van der Waals surface area (Å²) in [5.74, 6) is 0.643. The Labute approximate surface area is 129 Å². The summed E-state index contributed by atoms with van der Waals surface area (Å²) in [6, 6.07) is 16.0. The summed E-state index contributed by atoms with van der Waals surface area (Å²) in [5, 5.41) is 0.584. The van der Waals surface area contributed by atoms with Crippen molar-refractivity contribution in [3.63, 3.8) is 0 Å². The van der Waals surface area contributed by atoms with Gasteiger partial charge in [-0.1, -0.05) is 41.9 Å². The van der Waals surface area contributed by atoms with Gasteiger partial charge in [0.2, 0.25) is 10.0 Å². The third-order valence-corrected chi connectivity index (χ3v) is 4.32. The van der Waals surface area contributed by atoms with Crippen LogP contribution in [0.2, 0.25) is 5.02 Å². The minimum atomic E-state index is -3.37. The van der Waals surface area contributed by atoms with Crippen LogP contribution in [0.1, 0.15) is 5.56 Å². The van der Waals surface area contributed by atoms with Gasteiger partial charge in [-0.3, -0.25) is 0 Å². The second-order valence-corrected chi connectivity index (χ2v) is 6.68. The lowest BCUT2D eigenvalue weighted by atomic mass is 10.2. The minimum absolute atomic E-state index is 0.0739. The number of rotatable bonds is 7. The largest absolute Gasteiger partial charge is 0.492 e. The first kappa shape index (κ1) is 15.8. The Kier molecular flexibility index (Phi) is 5.61. The maximum Gasteiger partial charge on any atom is 0.215 e. The summed E-state index contributed by atoms with van der Waals surface area (Å²) in [4.78, 5) is 0. The highest BCUT2D eigenvalue weighted by Gasteiger charge is 2.10. The molecule has 0 aliphatic heterocycles. The number of benzene rings is 2. The van der Waals surface area contributed by atoms with Gasteiger partial charge in [0.05, 0.1) is 5.75 Å². The molecule has 2 rings (SSSR count). The molecule has 0 fully saturated rings. The first-order chi connectivity index (χ1) is 10.1. The van der Waals surface area contributed by atoms with Crippen LogP contribution in [0.5, 0.6) is 5.75 Å². The predicted molar refractivity (Wildman–Crippen MR) is 84.0 cm³/mol. The lowest BCUT2D eigenvalue weighted by Gasteiger charge is -2.08. The normalized spacial score (nSPS) is 11.3. The molecule has 0 aliphatic carbocycles. The number of halogens is 1. The molecular weight excluding hydrogens is 310 g/mol. The van der Waals surface area contributed by atoms with Crippen molar-refractivity contribution in [2.75, 3.05) is 13.2 Å². The molecule has 2 aromatic rings. The van der Waals surface area contributed by atoms with Gasteiger partial charge >= 0.3 is 0 Å². The molecule has 0 saturated heterocycles. The molecule has 0 unspecified atom stereocenters. The zero-order chi connectivity index (χ0) is 15.1. The van der Waals surface area contributed by atoms with Gasteiger partial charge in [0.1, 0.15) is 12.4 Å². The quantitative estimate of drug-likeness (QED) is 0.796. The fraction of sp³-hybridized carbons (Fsp3) is 0.200. The first-order valence-electron chi connectivity index (χ1n) is 6.45. The highest BCUT2D eigenvalue weighted by molar-refractivity contribution is 7.88. The summed E-state index contributed by atoms with van der Waals surface area (Å²) in [6.07, 6.45) is 0. The van der Waals surface area contributed by atoms with Crippen molar-refractivity contribution in [1.82, 2.24) is 4.72 Å². The van der Waals surface area contributed by atoms with E-state index in [1.807, 2.05) is 30.3 Å². The molecule has 112 valence electrons. The van der Waals surface area contributed by atoms with Crippen molar-refractivity contribution >= 4 is 21.6 Å². The lowest BCUT2D eigenvalue weighted by Crippen LogP contribution is -2.29. The molecule has 0 atom stereocenters. The van der Waals surface area contributed by atoms with E-state index in [1.54, 1.807) is 24.3 Å². The van der Waals surface area contributed by atoms with E-state index in [9.17, 15) is 8.42 Å². The zero-order valence-corrected chi connectivity index (χ0v) is 12.9. The lowest BCUT2D eigenvalue weighted by molar-refractivity contribution is 0.323. The molecule has 0 heterocycles. The van der Waals surface area contributed by atoms with E-state index in [1.165, 1.54) is 0 Å². The van der Waals surface area contributed by atoms with Crippen LogP contribution in [0.25, 0.3) is 0 Å². The molecule has 21 heavy (non-hydrogen) atoms. The molecule has 0 bridgehead atoms. The molecule has 6 heteroatoms. The summed E-state index contributed by atoms with van der Waals surface area (Å²) < 4.78 is 31.7. The van der Waals surface area contributed by atoms with Gasteiger partial charge in [0, 0.05) is 11.6 Å². The van der Waals surface area contributed by atoms with Crippen LogP contribution >= 0.6 is 11.6 Å². The van der Waals surface area contributed by atoms with E-state index in [0.29, 0.717) is 10.6 Å². The van der Waals surface area contributed by atoms with E-state index in [-0.39, 0.29) is 18.9 Å². The Balaban J connectivity index is 1.77. The molecule has 0 saturated carbocycles. The van der Waals surface area contributed by atoms with Gasteiger partial charge < -0.3 is 4.74 Å². The molecule has 0 spiro atoms. The van der Waals surface area contributed by atoms with Crippen molar-refractivity contribution in [2.45, 2.75) is 5.75 Å². The summed E-state index contributed by atoms with van der Waals surface area (Å²) in [5.41, 5.74) is 0.691. The van der Waals surface area contributed by atoms with Crippen LogP contribution in [-0.4, -0.2) is 21.6 Å². The fourth-order valence-electron chi connectivity index (χ4n) is 1.73. The number of para-hydroxylation sites is 1. The smallest absolute Gasteiger partial charge is 0.215 e. The fourth-order valence-corrected chi connectivity index (χ4v) is 2.99. The van der Waals surface area contributed by atoms with E-state index in [0.717, 1.165) is 5.75 Å². The maximum absolute atomic E-state index is 11.9. The van der Waals surface area contributed by atoms with Crippen LogP contribution in [0, 0.1) is 0 Å². The highest BCUT2D eigenvalue weighted by Crippen LogP contribution is 2.11. The van der Waals surface area contributed by atoms with Crippen molar-refractivity contribution < 1.29 is 13.2 Å². The number of hydrogen-bond donors (Lipinski definition) is 1. The number of hydrogen-bond acceptors (Lipinski definition) is 3. The summed E-state index contributed by atoms with van der Waals surface area (Å²) in [7, 11) is -3.37. The Morgan fingerprint density at radius 2 is 1.67 bits per heavy atom. The number of sulfonamides is 1. The van der Waals surface area contributed by atoms with Gasteiger partial charge in [0.25, 0.3) is 0 Å². The Hall–Kier alpha value is -1.56. The Morgan fingerprint density at radius 3 is 2.33 bits per heavy atom. The predicted octanol–water partition coefficient (Wildman–Crippen LogP) is 2.84. The maximum atomic E-state index is 11.9. The summed E-state index contributed by atoms with van der Waals surface area (Å²) in [6.45, 7) is 0.509. The third kappa shape index (κ3) is 5.75. The average molecular weight is 326 g/mol. The van der Waals surface area contributed by atoms with Gasteiger partial charge in [-0.25, -0.2) is 13.1 Å². The Bertz CT molecular complexity index is 657. The summed E-state index contributed by atoms with van der Waals surface area (Å²) >= 11 is 5.76. The second kappa shape index (κ2) is 7.45. The molecule has 2 aromatic carbocycles. The van der Waals surface area contributed by atoms with E-state index in [2.05, 4.69) is 4.72 Å². The van der Waals surface area contributed by atoms with Crippen molar-refractivity contribution in [3.8, 4) is 5.75 Å². The Morgan fingerprint density at radius 1 is 1.00 bits per heavy atom. The monoisotopic (exact) mass is 325 g/mol. The van der Waals surface area contributed by atoms with Gasteiger partial charge in [-0.2, -0.15) is 0 Å². The second-order valence-electron chi connectivity index (χ2n) is 4.44. The van der Waals surface area contributed by atoms with Crippen LogP contribution in [-0.2, 0) is 15.8 Å². The van der Waals surface area contributed by atoms with Crippen LogP contribution < -0.4 is 9.46 Å². The number of nitrogens with one attached hydrogen (secondary N) is 1. The van der Waals surface area contributed by atoms with Crippen molar-refractivity contribution in [3.05, 3.63) is 65.2 Å². The first-order valence-corrected chi connectivity index (χ1v) is 8.48. The van der Waals surface area contributed by atoms with Crippen LogP contribution in [0.4, 0.5) is 0 Å². The molecule has 0 aliphatic rings. The van der Waals surface area contributed by atoms with Gasteiger partial charge in [-0.05, 0) is 29.8 Å². The SMILES string of the molecule is O=S(=O)(Cc1ccc(Cl)cc1)NCCOc1ccccc1. The average Bonchev–Trinajstić information content (AvgIpc) is 2.47. The standard InChI is InChI=1S/C15H16ClNO3S/c16-14-8-6-13(7-9-14)12-21(18,19)17-10-11-20-15-4-2-1-3-5-15/h1-9,17H,10-12H2. The van der Waals surface area contributed by atoms with Crippen molar-refractivity contribution in [1.29, 1.82) is 0 Å². The van der Waals surface area contributed by atoms with Crippen LogP contribution in [0.3, 0.4) is 0 Å². The minimum Gasteiger partial charge on any atom is -0.492 e. The van der Waals surface area contributed by atoms with Gasteiger partial charge in [-0.15, -0.1) is 0 Å². The third-order valence-electron chi connectivity index (χ3n) is 2.71. The van der Waals surface area contributed by atoms with E-state index < -0.39 is 10.0 Å². The van der Waals surface area contributed by atoms with E-state index in [4.69, 9.17) is 16.3 Å².